The van der Waals surface area contributed by atoms with E-state index in [4.69, 9.17) is 21.9 Å². The number of nitrogens with one attached hydrogen (secondary N) is 1. The van der Waals surface area contributed by atoms with Crippen LogP contribution >= 0.6 is 28.1 Å². The first kappa shape index (κ1) is 26.3. The molecule has 5 aromatic rings. The minimum atomic E-state index is -0.120. The molecule has 1 N–H and O–H groups in total. The monoisotopic (exact) mass is 608 g/mol. The number of hydrogen-bond donors (Lipinski definition) is 1. The van der Waals surface area contributed by atoms with E-state index in [9.17, 15) is 0 Å². The molecule has 1 aliphatic heterocycles. The third kappa shape index (κ3) is 4.91. The van der Waals surface area contributed by atoms with E-state index < -0.39 is 0 Å². The van der Waals surface area contributed by atoms with Crippen molar-refractivity contribution in [3.63, 3.8) is 0 Å². The van der Waals surface area contributed by atoms with Gasteiger partial charge in [-0.3, -0.25) is 4.98 Å². The topological polar surface area (TPSA) is 42.3 Å². The molecule has 0 saturated carbocycles. The van der Waals surface area contributed by atoms with Crippen LogP contribution in [0.4, 0.5) is 5.69 Å². The zero-order valence-corrected chi connectivity index (χ0v) is 24.9. The zero-order valence-electron chi connectivity index (χ0n) is 22.5. The van der Waals surface area contributed by atoms with Crippen molar-refractivity contribution in [1.82, 2.24) is 14.9 Å². The summed E-state index contributed by atoms with van der Waals surface area (Å²) < 4.78 is 9.44. The SMILES string of the molecule is Cc1ccc(Oc2ccc(N3C(=S)N[C@H](c4ccccn4)[C@H]3c3cc(C)n(-c4ccccc4Br)c3C)cc2)cc1. The lowest BCUT2D eigenvalue weighted by atomic mass is 9.96. The zero-order chi connectivity index (χ0) is 27.8. The molecule has 0 bridgehead atoms. The van der Waals surface area contributed by atoms with Gasteiger partial charge in [-0.25, -0.2) is 0 Å². The maximum atomic E-state index is 6.09. The fourth-order valence-corrected chi connectivity index (χ4v) is 6.27. The number of ether oxygens (including phenoxy) is 1. The summed E-state index contributed by atoms with van der Waals surface area (Å²) in [6, 6.07) is 32.6. The van der Waals surface area contributed by atoms with Gasteiger partial charge in [-0.05, 0) is 121 Å². The third-order valence-corrected chi connectivity index (χ3v) is 8.34. The Labute approximate surface area is 248 Å². The van der Waals surface area contributed by atoms with Gasteiger partial charge in [-0.1, -0.05) is 35.9 Å². The number of pyridine rings is 1. The average molecular weight is 610 g/mol. The van der Waals surface area contributed by atoms with E-state index in [0.717, 1.165) is 44.4 Å². The minimum Gasteiger partial charge on any atom is -0.457 e. The molecule has 7 heteroatoms. The molecular formula is C33H29BrN4OS. The lowest BCUT2D eigenvalue weighted by Crippen LogP contribution is -2.29. The summed E-state index contributed by atoms with van der Waals surface area (Å²) in [4.78, 5) is 6.92. The minimum absolute atomic E-state index is 0.103. The number of para-hydroxylation sites is 1. The molecule has 0 amide bonds. The van der Waals surface area contributed by atoms with E-state index in [1.54, 1.807) is 0 Å². The van der Waals surface area contributed by atoms with Crippen LogP contribution in [0.15, 0.2) is 108 Å². The molecule has 2 atom stereocenters. The van der Waals surface area contributed by atoms with E-state index in [1.165, 1.54) is 11.1 Å². The Morgan fingerprint density at radius 3 is 2.20 bits per heavy atom. The quantitative estimate of drug-likeness (QED) is 0.196. The normalized spacial score (nSPS) is 16.7. The number of benzene rings is 3. The van der Waals surface area contributed by atoms with Gasteiger partial charge >= 0.3 is 0 Å². The molecule has 0 aliphatic carbocycles. The largest absolute Gasteiger partial charge is 0.457 e. The molecule has 5 nitrogen and oxygen atoms in total. The number of aryl methyl sites for hydroxylation is 2. The lowest BCUT2D eigenvalue weighted by Gasteiger charge is -2.28. The molecule has 200 valence electrons. The fourth-order valence-electron chi connectivity index (χ4n) is 5.46. The van der Waals surface area contributed by atoms with Gasteiger partial charge in [-0.15, -0.1) is 0 Å². The van der Waals surface area contributed by atoms with E-state index in [1.807, 2.05) is 60.8 Å². The lowest BCUT2D eigenvalue weighted by molar-refractivity contribution is 0.482. The van der Waals surface area contributed by atoms with Crippen LogP contribution in [0.25, 0.3) is 5.69 Å². The highest BCUT2D eigenvalue weighted by Crippen LogP contribution is 2.44. The van der Waals surface area contributed by atoms with Crippen LogP contribution in [0, 0.1) is 20.8 Å². The molecule has 1 aliphatic rings. The van der Waals surface area contributed by atoms with Crippen molar-refractivity contribution in [2.45, 2.75) is 32.9 Å². The van der Waals surface area contributed by atoms with Gasteiger partial charge in [0.05, 0.1) is 23.5 Å². The molecule has 40 heavy (non-hydrogen) atoms. The highest BCUT2D eigenvalue weighted by molar-refractivity contribution is 9.10. The number of hydrogen-bond acceptors (Lipinski definition) is 3. The van der Waals surface area contributed by atoms with Crippen molar-refractivity contribution >= 4 is 38.9 Å². The van der Waals surface area contributed by atoms with Crippen molar-refractivity contribution < 1.29 is 4.74 Å². The van der Waals surface area contributed by atoms with Gasteiger partial charge in [-0.2, -0.15) is 0 Å². The number of rotatable bonds is 6. The number of halogens is 1. The first-order valence-electron chi connectivity index (χ1n) is 13.2. The first-order chi connectivity index (χ1) is 19.4. The Morgan fingerprint density at radius 1 is 0.850 bits per heavy atom. The summed E-state index contributed by atoms with van der Waals surface area (Å²) in [6.45, 7) is 6.39. The van der Waals surface area contributed by atoms with Crippen LogP contribution in [-0.4, -0.2) is 14.7 Å². The molecule has 6 rings (SSSR count). The molecular weight excluding hydrogens is 580 g/mol. The van der Waals surface area contributed by atoms with Gasteiger partial charge in [0.1, 0.15) is 11.5 Å². The molecule has 1 fully saturated rings. The van der Waals surface area contributed by atoms with Crippen molar-refractivity contribution in [2.24, 2.45) is 0 Å². The molecule has 3 heterocycles. The highest BCUT2D eigenvalue weighted by Gasteiger charge is 2.42. The molecule has 1 saturated heterocycles. The summed E-state index contributed by atoms with van der Waals surface area (Å²) >= 11 is 9.71. The predicted molar refractivity (Wildman–Crippen MR) is 169 cm³/mol. The van der Waals surface area contributed by atoms with Crippen LogP contribution in [0.1, 0.15) is 40.3 Å². The summed E-state index contributed by atoms with van der Waals surface area (Å²) in [5, 5.41) is 4.24. The van der Waals surface area contributed by atoms with Crippen LogP contribution in [-0.2, 0) is 0 Å². The van der Waals surface area contributed by atoms with Crippen LogP contribution < -0.4 is 15.0 Å². The Hall–Kier alpha value is -3.94. The Bertz CT molecular complexity index is 1670. The summed E-state index contributed by atoms with van der Waals surface area (Å²) in [7, 11) is 0. The van der Waals surface area contributed by atoms with Crippen LogP contribution in [0.2, 0.25) is 0 Å². The maximum absolute atomic E-state index is 6.09. The summed E-state index contributed by atoms with van der Waals surface area (Å²) in [6.07, 6.45) is 1.83. The molecule has 0 radical (unpaired) electrons. The third-order valence-electron chi connectivity index (χ3n) is 7.35. The molecule has 0 spiro atoms. The standard InChI is InChI=1S/C33H29BrN4OS/c1-21-11-15-25(16-12-21)39-26-17-13-24(14-18-26)38-32(31(36-33(38)40)29-9-6-7-19-35-29)27-20-22(2)37(23(27)3)30-10-5-4-8-28(30)34/h4-20,31-32H,1-3H3,(H,36,40)/t31-,32-/m1/s1. The predicted octanol–water partition coefficient (Wildman–Crippen LogP) is 8.53. The number of anilines is 1. The van der Waals surface area contributed by atoms with Crippen molar-refractivity contribution in [3.8, 4) is 17.2 Å². The Balaban J connectivity index is 1.41. The van der Waals surface area contributed by atoms with Gasteiger partial charge in [0.15, 0.2) is 5.11 Å². The highest BCUT2D eigenvalue weighted by atomic mass is 79.9. The summed E-state index contributed by atoms with van der Waals surface area (Å²) in [5.41, 5.74) is 7.74. The van der Waals surface area contributed by atoms with Crippen molar-refractivity contribution in [2.75, 3.05) is 4.90 Å². The van der Waals surface area contributed by atoms with Gasteiger partial charge in [0.2, 0.25) is 0 Å². The average Bonchev–Trinajstić information content (AvgIpc) is 3.46. The number of aromatic nitrogens is 2. The summed E-state index contributed by atoms with van der Waals surface area (Å²) in [5.74, 6) is 1.58. The Kier molecular flexibility index (Phi) is 7.17. The fraction of sp³-hybridized carbons (Fsp3) is 0.152. The van der Waals surface area contributed by atoms with Crippen molar-refractivity contribution in [3.05, 3.63) is 136 Å². The van der Waals surface area contributed by atoms with Gasteiger partial charge in [0, 0.05) is 27.7 Å². The van der Waals surface area contributed by atoms with Crippen LogP contribution in [0.5, 0.6) is 11.5 Å². The van der Waals surface area contributed by atoms with Gasteiger partial charge in [0.25, 0.3) is 0 Å². The van der Waals surface area contributed by atoms with Crippen molar-refractivity contribution in [1.29, 1.82) is 0 Å². The number of thiocarbonyl (C=S) groups is 1. The Morgan fingerprint density at radius 2 is 1.52 bits per heavy atom. The molecule has 0 unspecified atom stereocenters. The number of nitrogens with zero attached hydrogens (tertiary/aromatic N) is 3. The molecule has 2 aromatic heterocycles. The second kappa shape index (κ2) is 10.9. The van der Waals surface area contributed by atoms with Gasteiger partial charge < -0.3 is 19.5 Å². The van der Waals surface area contributed by atoms with E-state index >= 15 is 0 Å². The molecule has 3 aromatic carbocycles. The van der Waals surface area contributed by atoms with Crippen LogP contribution in [0.3, 0.4) is 0 Å². The first-order valence-corrected chi connectivity index (χ1v) is 14.4. The second-order valence-electron chi connectivity index (χ2n) is 10.0. The maximum Gasteiger partial charge on any atom is 0.174 e. The van der Waals surface area contributed by atoms with E-state index in [2.05, 4.69) is 93.9 Å². The van der Waals surface area contributed by atoms with E-state index in [0.29, 0.717) is 5.11 Å². The van der Waals surface area contributed by atoms with E-state index in [-0.39, 0.29) is 12.1 Å². The smallest absolute Gasteiger partial charge is 0.174 e. The second-order valence-corrected chi connectivity index (χ2v) is 11.3.